The molecular weight excluding hydrogens is 412 g/mol. The number of nitrogens with zero attached hydrogens (tertiary/aromatic N) is 4. The minimum absolute atomic E-state index is 0.0129. The van der Waals surface area contributed by atoms with Gasteiger partial charge < -0.3 is 14.4 Å². The quantitative estimate of drug-likeness (QED) is 0.478. The molecule has 1 aliphatic heterocycles. The average molecular weight is 439 g/mol. The van der Waals surface area contributed by atoms with Crippen LogP contribution in [0.5, 0.6) is 0 Å². The number of amides is 2. The molecular formula is C27H26N4O2. The lowest BCUT2D eigenvalue weighted by molar-refractivity contribution is -0.132. The molecule has 2 amide bonds. The van der Waals surface area contributed by atoms with Gasteiger partial charge >= 0.3 is 0 Å². The summed E-state index contributed by atoms with van der Waals surface area (Å²) in [5.74, 6) is 0.0675. The van der Waals surface area contributed by atoms with Crippen molar-refractivity contribution in [3.8, 4) is 0 Å². The summed E-state index contributed by atoms with van der Waals surface area (Å²) in [6.45, 7) is 2.77. The molecule has 0 saturated carbocycles. The van der Waals surface area contributed by atoms with E-state index < -0.39 is 0 Å². The summed E-state index contributed by atoms with van der Waals surface area (Å²) in [5.41, 5.74) is 3.66. The Bertz CT molecular complexity index is 1260. The van der Waals surface area contributed by atoms with Crippen molar-refractivity contribution in [3.63, 3.8) is 0 Å². The SMILES string of the molecule is O=C(Cc1ccccn1)N1CCN(C(=O)c2cc3ccccc3n2Cc2ccccc2)CC1. The molecule has 1 aliphatic rings. The molecule has 4 aromatic rings. The zero-order valence-corrected chi connectivity index (χ0v) is 18.4. The number of para-hydroxylation sites is 1. The Morgan fingerprint density at radius 1 is 0.788 bits per heavy atom. The molecule has 6 nitrogen and oxygen atoms in total. The van der Waals surface area contributed by atoms with E-state index in [1.54, 1.807) is 6.20 Å². The van der Waals surface area contributed by atoms with Crippen LogP contribution < -0.4 is 0 Å². The van der Waals surface area contributed by atoms with Crippen LogP contribution in [-0.2, 0) is 17.8 Å². The zero-order valence-electron chi connectivity index (χ0n) is 18.4. The van der Waals surface area contributed by atoms with E-state index >= 15 is 0 Å². The van der Waals surface area contributed by atoms with Crippen LogP contribution in [0.4, 0.5) is 0 Å². The summed E-state index contributed by atoms with van der Waals surface area (Å²) in [7, 11) is 0. The van der Waals surface area contributed by atoms with Gasteiger partial charge in [0, 0.05) is 55.5 Å². The van der Waals surface area contributed by atoms with Crippen LogP contribution in [0.15, 0.2) is 85.1 Å². The van der Waals surface area contributed by atoms with Crippen LogP contribution in [0.25, 0.3) is 10.9 Å². The van der Waals surface area contributed by atoms with Crippen LogP contribution in [0, 0.1) is 0 Å². The highest BCUT2D eigenvalue weighted by molar-refractivity contribution is 5.99. The van der Waals surface area contributed by atoms with Gasteiger partial charge in [0.2, 0.25) is 5.91 Å². The van der Waals surface area contributed by atoms with Gasteiger partial charge in [-0.1, -0.05) is 54.6 Å². The molecule has 0 radical (unpaired) electrons. The maximum atomic E-state index is 13.5. The summed E-state index contributed by atoms with van der Waals surface area (Å²) in [6.07, 6.45) is 1.99. The summed E-state index contributed by atoms with van der Waals surface area (Å²) in [5, 5.41) is 1.06. The fourth-order valence-corrected chi connectivity index (χ4v) is 4.41. The molecule has 0 bridgehead atoms. The Labute approximate surface area is 193 Å². The smallest absolute Gasteiger partial charge is 0.270 e. The third-order valence-electron chi connectivity index (χ3n) is 6.19. The first-order valence-corrected chi connectivity index (χ1v) is 11.3. The lowest BCUT2D eigenvalue weighted by Gasteiger charge is -2.35. The number of aromatic nitrogens is 2. The van der Waals surface area contributed by atoms with Crippen molar-refractivity contribution in [1.29, 1.82) is 0 Å². The van der Waals surface area contributed by atoms with Crippen molar-refractivity contribution in [3.05, 3.63) is 102 Å². The highest BCUT2D eigenvalue weighted by atomic mass is 16.2. The number of carbonyl (C=O) groups is 2. The molecule has 166 valence electrons. The number of hydrogen-bond acceptors (Lipinski definition) is 3. The van der Waals surface area contributed by atoms with E-state index in [9.17, 15) is 9.59 Å². The van der Waals surface area contributed by atoms with Gasteiger partial charge in [0.1, 0.15) is 5.69 Å². The number of hydrogen-bond donors (Lipinski definition) is 0. The number of fused-ring (bicyclic) bond motifs is 1. The second-order valence-corrected chi connectivity index (χ2v) is 8.33. The summed E-state index contributed by atoms with van der Waals surface area (Å²) < 4.78 is 2.10. The second kappa shape index (κ2) is 9.28. The Morgan fingerprint density at radius 2 is 1.48 bits per heavy atom. The number of benzene rings is 2. The average Bonchev–Trinajstić information content (AvgIpc) is 3.23. The van der Waals surface area contributed by atoms with Crippen LogP contribution in [0.2, 0.25) is 0 Å². The first-order chi connectivity index (χ1) is 16.2. The fraction of sp³-hybridized carbons (Fsp3) is 0.222. The van der Waals surface area contributed by atoms with E-state index in [0.29, 0.717) is 44.8 Å². The molecule has 1 fully saturated rings. The van der Waals surface area contributed by atoms with Crippen molar-refractivity contribution in [2.75, 3.05) is 26.2 Å². The Kier molecular flexibility index (Phi) is 5.89. The number of carbonyl (C=O) groups excluding carboxylic acids is 2. The number of pyridine rings is 1. The normalized spacial score (nSPS) is 13.9. The minimum Gasteiger partial charge on any atom is -0.339 e. The van der Waals surface area contributed by atoms with Crippen LogP contribution in [0.1, 0.15) is 21.7 Å². The van der Waals surface area contributed by atoms with Crippen molar-refractivity contribution in [2.45, 2.75) is 13.0 Å². The van der Waals surface area contributed by atoms with Crippen LogP contribution in [0.3, 0.4) is 0 Å². The standard InChI is InChI=1S/C27H26N4O2/c32-26(19-23-11-6-7-13-28-23)29-14-16-30(17-15-29)27(33)25-18-22-10-4-5-12-24(22)31(25)20-21-8-2-1-3-9-21/h1-13,18H,14-17,19-20H2. The first kappa shape index (κ1) is 20.9. The Balaban J connectivity index is 1.31. The lowest BCUT2D eigenvalue weighted by Crippen LogP contribution is -2.51. The molecule has 2 aromatic heterocycles. The van der Waals surface area contributed by atoms with Crippen LogP contribution >= 0.6 is 0 Å². The van der Waals surface area contributed by atoms with Crippen molar-refractivity contribution < 1.29 is 9.59 Å². The van der Waals surface area contributed by atoms with Gasteiger partial charge in [-0.25, -0.2) is 0 Å². The van der Waals surface area contributed by atoms with E-state index in [-0.39, 0.29) is 11.8 Å². The number of piperazine rings is 1. The Morgan fingerprint density at radius 3 is 2.24 bits per heavy atom. The van der Waals surface area contributed by atoms with E-state index in [1.807, 2.05) is 70.5 Å². The maximum absolute atomic E-state index is 13.5. The molecule has 1 saturated heterocycles. The van der Waals surface area contributed by atoms with E-state index in [2.05, 4.69) is 27.8 Å². The second-order valence-electron chi connectivity index (χ2n) is 8.33. The molecule has 5 rings (SSSR count). The van der Waals surface area contributed by atoms with E-state index in [1.165, 1.54) is 0 Å². The topological polar surface area (TPSA) is 58.4 Å². The molecule has 0 N–H and O–H groups in total. The largest absolute Gasteiger partial charge is 0.339 e. The molecule has 33 heavy (non-hydrogen) atoms. The highest BCUT2D eigenvalue weighted by Crippen LogP contribution is 2.23. The molecule has 2 aromatic carbocycles. The monoisotopic (exact) mass is 438 g/mol. The molecule has 0 aliphatic carbocycles. The molecule has 6 heteroatoms. The fourth-order valence-electron chi connectivity index (χ4n) is 4.41. The summed E-state index contributed by atoms with van der Waals surface area (Å²) >= 11 is 0. The van der Waals surface area contributed by atoms with Crippen LogP contribution in [-0.4, -0.2) is 57.3 Å². The lowest BCUT2D eigenvalue weighted by atomic mass is 10.2. The zero-order chi connectivity index (χ0) is 22.6. The van der Waals surface area contributed by atoms with Gasteiger partial charge in [-0.2, -0.15) is 0 Å². The van der Waals surface area contributed by atoms with Gasteiger partial charge in [0.15, 0.2) is 0 Å². The minimum atomic E-state index is 0.0129. The summed E-state index contributed by atoms with van der Waals surface area (Å²) in [6, 6.07) is 25.9. The van der Waals surface area contributed by atoms with Crippen molar-refractivity contribution in [1.82, 2.24) is 19.4 Å². The van der Waals surface area contributed by atoms with Gasteiger partial charge in [-0.05, 0) is 29.8 Å². The predicted octanol–water partition coefficient (Wildman–Crippen LogP) is 3.61. The van der Waals surface area contributed by atoms with Gasteiger partial charge in [-0.15, -0.1) is 0 Å². The maximum Gasteiger partial charge on any atom is 0.270 e. The van der Waals surface area contributed by atoms with Crippen molar-refractivity contribution >= 4 is 22.7 Å². The number of rotatable bonds is 5. The predicted molar refractivity (Wildman–Crippen MR) is 128 cm³/mol. The highest BCUT2D eigenvalue weighted by Gasteiger charge is 2.27. The molecule has 0 unspecified atom stereocenters. The van der Waals surface area contributed by atoms with Gasteiger partial charge in [0.25, 0.3) is 5.91 Å². The van der Waals surface area contributed by atoms with E-state index in [4.69, 9.17) is 0 Å². The van der Waals surface area contributed by atoms with E-state index in [0.717, 1.165) is 22.2 Å². The van der Waals surface area contributed by atoms with Crippen molar-refractivity contribution in [2.24, 2.45) is 0 Å². The van der Waals surface area contributed by atoms with Gasteiger partial charge in [0.05, 0.1) is 6.42 Å². The Hall–Kier alpha value is -3.93. The molecule has 3 heterocycles. The third-order valence-corrected chi connectivity index (χ3v) is 6.19. The van der Waals surface area contributed by atoms with Gasteiger partial charge in [-0.3, -0.25) is 14.6 Å². The summed E-state index contributed by atoms with van der Waals surface area (Å²) in [4.78, 5) is 34.1. The molecule has 0 atom stereocenters. The first-order valence-electron chi connectivity index (χ1n) is 11.3. The third kappa shape index (κ3) is 4.51. The molecule has 0 spiro atoms.